The highest BCUT2D eigenvalue weighted by molar-refractivity contribution is 9.10. The molecule has 3 nitrogen and oxygen atoms in total. The van der Waals surface area contributed by atoms with Crippen LogP contribution in [0.25, 0.3) is 6.08 Å². The first-order chi connectivity index (χ1) is 10.7. The number of allylic oxidation sites excluding steroid dienone is 1. The molecule has 0 aromatic heterocycles. The Bertz CT molecular complexity index is 738. The second-order valence-corrected chi connectivity index (χ2v) is 6.47. The first-order valence-corrected chi connectivity index (χ1v) is 8.41. The van der Waals surface area contributed by atoms with E-state index in [4.69, 9.17) is 9.47 Å². The molecule has 0 radical (unpaired) electrons. The molecule has 0 aliphatic carbocycles. The van der Waals surface area contributed by atoms with Gasteiger partial charge >= 0.3 is 0 Å². The average Bonchev–Trinajstić information content (AvgIpc) is 3.01. The Morgan fingerprint density at radius 2 is 2.05 bits per heavy atom. The van der Waals surface area contributed by atoms with Gasteiger partial charge in [0.05, 0.1) is 17.6 Å². The van der Waals surface area contributed by atoms with Gasteiger partial charge in [-0.1, -0.05) is 45.9 Å². The second kappa shape index (κ2) is 6.58. The van der Waals surface area contributed by atoms with Crippen molar-refractivity contribution >= 4 is 39.6 Å². The minimum atomic E-state index is -0.0883. The summed E-state index contributed by atoms with van der Waals surface area (Å²) in [6.07, 6.45) is 3.37. The summed E-state index contributed by atoms with van der Waals surface area (Å²) in [5.41, 5.74) is 1.53. The van der Waals surface area contributed by atoms with Crippen LogP contribution in [-0.4, -0.2) is 18.8 Å². The zero-order valence-electron chi connectivity index (χ0n) is 11.8. The first-order valence-electron chi connectivity index (χ1n) is 6.63. The lowest BCUT2D eigenvalue weighted by Crippen LogP contribution is -2.01. The molecule has 3 rings (SSSR count). The van der Waals surface area contributed by atoms with Crippen molar-refractivity contribution in [3.05, 3.63) is 58.1 Å². The Hall–Kier alpha value is -1.72. The average molecular weight is 377 g/mol. The maximum absolute atomic E-state index is 12.6. The number of thioether (sulfide) groups is 1. The van der Waals surface area contributed by atoms with Crippen molar-refractivity contribution in [1.29, 1.82) is 0 Å². The van der Waals surface area contributed by atoms with Gasteiger partial charge in [-0.15, -0.1) is 0 Å². The van der Waals surface area contributed by atoms with Gasteiger partial charge in [-0.05, 0) is 35.9 Å². The molecule has 1 aliphatic rings. The van der Waals surface area contributed by atoms with E-state index in [1.165, 1.54) is 11.8 Å². The topological polar surface area (TPSA) is 35.5 Å². The molecule has 0 fully saturated rings. The molecular formula is C17H13BrO3S. The molecule has 0 saturated heterocycles. The zero-order chi connectivity index (χ0) is 15.5. The van der Waals surface area contributed by atoms with Crippen molar-refractivity contribution in [2.24, 2.45) is 0 Å². The minimum absolute atomic E-state index is 0.0883. The molecule has 22 heavy (non-hydrogen) atoms. The van der Waals surface area contributed by atoms with Gasteiger partial charge in [-0.25, -0.2) is 0 Å². The van der Waals surface area contributed by atoms with Gasteiger partial charge in [0.15, 0.2) is 5.78 Å². The lowest BCUT2D eigenvalue weighted by molar-refractivity contribution is 0.104. The van der Waals surface area contributed by atoms with Crippen LogP contribution >= 0.6 is 27.7 Å². The van der Waals surface area contributed by atoms with Gasteiger partial charge in [-0.3, -0.25) is 4.79 Å². The highest BCUT2D eigenvalue weighted by atomic mass is 79.9. The monoisotopic (exact) mass is 376 g/mol. The summed E-state index contributed by atoms with van der Waals surface area (Å²) in [7, 11) is 1.57. The predicted molar refractivity (Wildman–Crippen MR) is 91.9 cm³/mol. The Balaban J connectivity index is 1.92. The van der Waals surface area contributed by atoms with Gasteiger partial charge in [0.2, 0.25) is 0 Å². The number of fused-ring (bicyclic) bond motifs is 1. The molecule has 0 unspecified atom stereocenters. The third-order valence-electron chi connectivity index (χ3n) is 3.26. The molecule has 5 heteroatoms. The number of methoxy groups -OCH3 is 1. The summed E-state index contributed by atoms with van der Waals surface area (Å²) in [6.45, 7) is 0. The van der Waals surface area contributed by atoms with Crippen molar-refractivity contribution < 1.29 is 14.3 Å². The maximum Gasteiger partial charge on any atom is 0.190 e. The Kier molecular flexibility index (Phi) is 4.55. The quantitative estimate of drug-likeness (QED) is 0.567. The fraction of sp³-hybridized carbons (Fsp3) is 0.118. The molecular weight excluding hydrogens is 364 g/mol. The number of ether oxygens (including phenoxy) is 2. The SMILES string of the molecule is COc1ccc2c(c1C(=O)C=Cc1ccc(Br)cc1)SCO2. The van der Waals surface area contributed by atoms with Crippen LogP contribution in [0.4, 0.5) is 0 Å². The van der Waals surface area contributed by atoms with Crippen molar-refractivity contribution in [3.63, 3.8) is 0 Å². The van der Waals surface area contributed by atoms with Gasteiger partial charge in [-0.2, -0.15) is 0 Å². The summed E-state index contributed by atoms with van der Waals surface area (Å²) in [6, 6.07) is 11.4. The number of benzene rings is 2. The lowest BCUT2D eigenvalue weighted by atomic mass is 10.1. The van der Waals surface area contributed by atoms with E-state index in [9.17, 15) is 4.79 Å². The molecule has 0 N–H and O–H groups in total. The molecule has 2 aromatic rings. The fourth-order valence-corrected chi connectivity index (χ4v) is 3.37. The van der Waals surface area contributed by atoms with Crippen LogP contribution in [0.5, 0.6) is 11.5 Å². The van der Waals surface area contributed by atoms with Crippen molar-refractivity contribution in [3.8, 4) is 11.5 Å². The van der Waals surface area contributed by atoms with E-state index >= 15 is 0 Å². The summed E-state index contributed by atoms with van der Waals surface area (Å²) in [4.78, 5) is 13.4. The van der Waals surface area contributed by atoms with Crippen LogP contribution in [0.1, 0.15) is 15.9 Å². The summed E-state index contributed by atoms with van der Waals surface area (Å²) in [5.74, 6) is 1.75. The van der Waals surface area contributed by atoms with E-state index in [-0.39, 0.29) is 5.78 Å². The van der Waals surface area contributed by atoms with Gasteiger partial charge in [0.25, 0.3) is 0 Å². The number of carbonyl (C=O) groups excluding carboxylic acids is 1. The fourth-order valence-electron chi connectivity index (χ4n) is 2.19. The van der Waals surface area contributed by atoms with E-state index in [0.29, 0.717) is 17.3 Å². The van der Waals surface area contributed by atoms with Gasteiger partial charge in [0.1, 0.15) is 17.4 Å². The standard InChI is InChI=1S/C17H13BrO3S/c1-20-14-8-9-15-17(22-10-21-15)16(14)13(19)7-4-11-2-5-12(18)6-3-11/h2-9H,10H2,1H3. The van der Waals surface area contributed by atoms with Crippen LogP contribution in [-0.2, 0) is 0 Å². The lowest BCUT2D eigenvalue weighted by Gasteiger charge is -2.09. The molecule has 0 bridgehead atoms. The van der Waals surface area contributed by atoms with Crippen molar-refractivity contribution in [1.82, 2.24) is 0 Å². The minimum Gasteiger partial charge on any atom is -0.496 e. The van der Waals surface area contributed by atoms with Crippen LogP contribution < -0.4 is 9.47 Å². The molecule has 0 spiro atoms. The molecule has 0 atom stereocenters. The highest BCUT2D eigenvalue weighted by Crippen LogP contribution is 2.43. The highest BCUT2D eigenvalue weighted by Gasteiger charge is 2.24. The Labute approximate surface area is 141 Å². The van der Waals surface area contributed by atoms with Gasteiger partial charge in [0, 0.05) is 4.47 Å². The largest absolute Gasteiger partial charge is 0.496 e. The van der Waals surface area contributed by atoms with Crippen molar-refractivity contribution in [2.45, 2.75) is 4.90 Å². The number of carbonyl (C=O) groups is 1. The van der Waals surface area contributed by atoms with Crippen LogP contribution in [0, 0.1) is 0 Å². The molecule has 0 amide bonds. The van der Waals surface area contributed by atoms with Gasteiger partial charge < -0.3 is 9.47 Å². The third kappa shape index (κ3) is 3.05. The molecule has 1 heterocycles. The number of ketones is 1. The van der Waals surface area contributed by atoms with Crippen LogP contribution in [0.2, 0.25) is 0 Å². The van der Waals surface area contributed by atoms with E-state index in [2.05, 4.69) is 15.9 Å². The van der Waals surface area contributed by atoms with Crippen molar-refractivity contribution in [2.75, 3.05) is 13.0 Å². The second-order valence-electron chi connectivity index (χ2n) is 4.63. The summed E-state index contributed by atoms with van der Waals surface area (Å²) >= 11 is 4.90. The normalized spacial score (nSPS) is 13.0. The van der Waals surface area contributed by atoms with E-state index in [0.717, 1.165) is 20.7 Å². The smallest absolute Gasteiger partial charge is 0.190 e. The Morgan fingerprint density at radius 3 is 2.77 bits per heavy atom. The number of hydrogen-bond acceptors (Lipinski definition) is 4. The van der Waals surface area contributed by atoms with E-state index in [1.807, 2.05) is 30.3 Å². The molecule has 1 aliphatic heterocycles. The predicted octanol–water partition coefficient (Wildman–Crippen LogP) is 4.80. The zero-order valence-corrected chi connectivity index (χ0v) is 14.2. The van der Waals surface area contributed by atoms with E-state index in [1.54, 1.807) is 25.3 Å². The number of halogens is 1. The van der Waals surface area contributed by atoms with Crippen LogP contribution in [0.15, 0.2) is 51.8 Å². The summed E-state index contributed by atoms with van der Waals surface area (Å²) < 4.78 is 11.8. The Morgan fingerprint density at radius 1 is 1.27 bits per heavy atom. The maximum atomic E-state index is 12.6. The van der Waals surface area contributed by atoms with Crippen LogP contribution in [0.3, 0.4) is 0 Å². The first kappa shape index (κ1) is 15.2. The molecule has 2 aromatic carbocycles. The van der Waals surface area contributed by atoms with E-state index < -0.39 is 0 Å². The molecule has 0 saturated carbocycles. The summed E-state index contributed by atoms with van der Waals surface area (Å²) in [5, 5.41) is 0. The number of rotatable bonds is 4. The molecule has 112 valence electrons. The number of hydrogen-bond donors (Lipinski definition) is 0. The third-order valence-corrected chi connectivity index (χ3v) is 4.72.